The summed E-state index contributed by atoms with van der Waals surface area (Å²) < 4.78 is 9.73. The van der Waals surface area contributed by atoms with Crippen LogP contribution in [0.2, 0.25) is 0 Å². The molecule has 0 saturated carbocycles. The van der Waals surface area contributed by atoms with Gasteiger partial charge in [0, 0.05) is 31.9 Å². The molecule has 0 atom stereocenters. The molecule has 0 aromatic heterocycles. The van der Waals surface area contributed by atoms with Gasteiger partial charge in [0.05, 0.1) is 13.2 Å². The molecule has 0 aliphatic rings. The highest BCUT2D eigenvalue weighted by atomic mass is 16.5. The smallest absolute Gasteiger partial charge is 0.330 e. The van der Waals surface area contributed by atoms with Crippen LogP contribution in [-0.2, 0) is 14.3 Å². The van der Waals surface area contributed by atoms with Gasteiger partial charge in [-0.3, -0.25) is 0 Å². The minimum absolute atomic E-state index is 0.203. The molecule has 0 aliphatic carbocycles. The standard InChI is InChI=1S/C8H15NO4/c1-12-4-6(5-13-2)7(9)3-8(10)11/h3,6H,4-5,9H2,1-2H3,(H,10,11)/b7-3-. The van der Waals surface area contributed by atoms with Crippen molar-refractivity contribution in [3.05, 3.63) is 11.8 Å². The molecule has 0 bridgehead atoms. The number of carboxylic acid groups (broad SMARTS) is 1. The quantitative estimate of drug-likeness (QED) is 0.566. The van der Waals surface area contributed by atoms with Crippen LogP contribution in [0.1, 0.15) is 0 Å². The van der Waals surface area contributed by atoms with Crippen molar-refractivity contribution < 1.29 is 19.4 Å². The van der Waals surface area contributed by atoms with Gasteiger partial charge in [0.2, 0.25) is 0 Å². The maximum Gasteiger partial charge on any atom is 0.330 e. The summed E-state index contributed by atoms with van der Waals surface area (Å²) in [6, 6.07) is 0. The first-order valence-corrected chi connectivity index (χ1v) is 3.79. The van der Waals surface area contributed by atoms with Crippen LogP contribution in [-0.4, -0.2) is 38.5 Å². The Hall–Kier alpha value is -1.07. The third-order valence-corrected chi connectivity index (χ3v) is 1.50. The Morgan fingerprint density at radius 1 is 1.46 bits per heavy atom. The van der Waals surface area contributed by atoms with E-state index in [4.69, 9.17) is 20.3 Å². The van der Waals surface area contributed by atoms with Crippen LogP contribution in [0.15, 0.2) is 11.8 Å². The summed E-state index contributed by atoms with van der Waals surface area (Å²) >= 11 is 0. The van der Waals surface area contributed by atoms with Crippen molar-refractivity contribution in [2.75, 3.05) is 27.4 Å². The van der Waals surface area contributed by atoms with Crippen molar-refractivity contribution in [1.29, 1.82) is 0 Å². The topological polar surface area (TPSA) is 81.8 Å². The molecule has 0 rings (SSSR count). The van der Waals surface area contributed by atoms with Gasteiger partial charge in [0.15, 0.2) is 0 Å². The molecule has 13 heavy (non-hydrogen) atoms. The Morgan fingerprint density at radius 2 is 1.92 bits per heavy atom. The van der Waals surface area contributed by atoms with Gasteiger partial charge in [-0.2, -0.15) is 0 Å². The second kappa shape index (κ2) is 6.45. The average molecular weight is 189 g/mol. The summed E-state index contributed by atoms with van der Waals surface area (Å²) in [5, 5.41) is 8.43. The first kappa shape index (κ1) is 11.9. The van der Waals surface area contributed by atoms with Crippen molar-refractivity contribution in [3.63, 3.8) is 0 Å². The monoisotopic (exact) mass is 189 g/mol. The second-order valence-corrected chi connectivity index (χ2v) is 2.59. The number of carbonyl (C=O) groups is 1. The highest BCUT2D eigenvalue weighted by Crippen LogP contribution is 2.06. The van der Waals surface area contributed by atoms with Gasteiger partial charge in [-0.05, 0) is 0 Å². The van der Waals surface area contributed by atoms with E-state index in [9.17, 15) is 4.79 Å². The number of aliphatic carboxylic acids is 1. The van der Waals surface area contributed by atoms with Crippen molar-refractivity contribution in [2.24, 2.45) is 11.7 Å². The Labute approximate surface area is 77.1 Å². The highest BCUT2D eigenvalue weighted by Gasteiger charge is 2.12. The Balaban J connectivity index is 4.25. The summed E-state index contributed by atoms with van der Waals surface area (Å²) in [6.07, 6.45) is 0.961. The first-order valence-electron chi connectivity index (χ1n) is 3.79. The van der Waals surface area contributed by atoms with Gasteiger partial charge in [-0.15, -0.1) is 0 Å². The highest BCUT2D eigenvalue weighted by molar-refractivity contribution is 5.80. The summed E-state index contributed by atoms with van der Waals surface area (Å²) in [4.78, 5) is 10.3. The number of carboxylic acids is 1. The summed E-state index contributed by atoms with van der Waals surface area (Å²) in [5.74, 6) is -1.26. The van der Waals surface area contributed by atoms with E-state index in [-0.39, 0.29) is 11.6 Å². The zero-order valence-electron chi connectivity index (χ0n) is 7.82. The van der Waals surface area contributed by atoms with Crippen LogP contribution in [0.5, 0.6) is 0 Å². The molecular formula is C8H15NO4. The third kappa shape index (κ3) is 5.21. The average Bonchev–Trinajstić information content (AvgIpc) is 2.02. The maximum absolute atomic E-state index is 10.3. The van der Waals surface area contributed by atoms with E-state index in [2.05, 4.69) is 0 Å². The molecule has 0 radical (unpaired) electrons. The van der Waals surface area contributed by atoms with Gasteiger partial charge in [0.25, 0.3) is 0 Å². The predicted octanol–water partition coefficient (Wildman–Crippen LogP) is -0.177. The molecule has 5 nitrogen and oxygen atoms in total. The molecule has 0 aromatic carbocycles. The number of methoxy groups -OCH3 is 2. The van der Waals surface area contributed by atoms with E-state index < -0.39 is 5.97 Å². The van der Waals surface area contributed by atoms with Crippen LogP contribution in [0, 0.1) is 5.92 Å². The fourth-order valence-corrected chi connectivity index (χ4v) is 0.903. The summed E-state index contributed by atoms with van der Waals surface area (Å²) in [7, 11) is 3.05. The molecule has 3 N–H and O–H groups in total. The van der Waals surface area contributed by atoms with Gasteiger partial charge in [-0.1, -0.05) is 0 Å². The molecule has 0 aliphatic heterocycles. The Kier molecular flexibility index (Phi) is 5.92. The predicted molar refractivity (Wildman–Crippen MR) is 47.1 cm³/mol. The molecule has 5 heteroatoms. The maximum atomic E-state index is 10.3. The van der Waals surface area contributed by atoms with Gasteiger partial charge in [-0.25, -0.2) is 4.79 Å². The SMILES string of the molecule is COCC(COC)/C(N)=C/C(=O)O. The molecule has 0 fully saturated rings. The first-order chi connectivity index (χ1) is 6.11. The molecular weight excluding hydrogens is 174 g/mol. The molecule has 76 valence electrons. The second-order valence-electron chi connectivity index (χ2n) is 2.59. The van der Waals surface area contributed by atoms with Gasteiger partial charge < -0.3 is 20.3 Å². The van der Waals surface area contributed by atoms with E-state index in [1.54, 1.807) is 0 Å². The Bertz CT molecular complexity index is 185. The zero-order chi connectivity index (χ0) is 10.3. The van der Waals surface area contributed by atoms with E-state index in [1.165, 1.54) is 14.2 Å². The van der Waals surface area contributed by atoms with Crippen molar-refractivity contribution >= 4 is 5.97 Å². The Morgan fingerprint density at radius 3 is 2.23 bits per heavy atom. The summed E-state index contributed by atoms with van der Waals surface area (Å²) in [6.45, 7) is 0.701. The lowest BCUT2D eigenvalue weighted by molar-refractivity contribution is -0.131. The minimum Gasteiger partial charge on any atom is -0.478 e. The van der Waals surface area contributed by atoms with Gasteiger partial charge >= 0.3 is 5.97 Å². The van der Waals surface area contributed by atoms with Crippen molar-refractivity contribution in [3.8, 4) is 0 Å². The normalized spacial score (nSPS) is 12.1. The minimum atomic E-state index is -1.06. The molecule has 0 heterocycles. The molecule has 0 saturated heterocycles. The van der Waals surface area contributed by atoms with Gasteiger partial charge in [0.1, 0.15) is 0 Å². The summed E-state index contributed by atoms with van der Waals surface area (Å²) in [5.41, 5.74) is 5.77. The van der Waals surface area contributed by atoms with Crippen LogP contribution >= 0.6 is 0 Å². The molecule has 0 unspecified atom stereocenters. The van der Waals surface area contributed by atoms with Crippen molar-refractivity contribution in [1.82, 2.24) is 0 Å². The van der Waals surface area contributed by atoms with Crippen LogP contribution < -0.4 is 5.73 Å². The number of ether oxygens (including phenoxy) is 2. The molecule has 0 amide bonds. The van der Waals surface area contributed by atoms with Crippen molar-refractivity contribution in [2.45, 2.75) is 0 Å². The number of rotatable bonds is 6. The number of hydrogen-bond acceptors (Lipinski definition) is 4. The number of nitrogens with two attached hydrogens (primary N) is 1. The van der Waals surface area contributed by atoms with Crippen LogP contribution in [0.25, 0.3) is 0 Å². The number of hydrogen-bond donors (Lipinski definition) is 2. The lowest BCUT2D eigenvalue weighted by Crippen LogP contribution is -2.22. The van der Waals surface area contributed by atoms with E-state index in [0.29, 0.717) is 13.2 Å². The molecule has 0 spiro atoms. The fourth-order valence-electron chi connectivity index (χ4n) is 0.903. The van der Waals surface area contributed by atoms with Crippen LogP contribution in [0.3, 0.4) is 0 Å². The van der Waals surface area contributed by atoms with E-state index >= 15 is 0 Å². The van der Waals surface area contributed by atoms with E-state index in [0.717, 1.165) is 6.08 Å². The zero-order valence-corrected chi connectivity index (χ0v) is 7.82. The molecule has 0 aromatic rings. The third-order valence-electron chi connectivity index (χ3n) is 1.50. The van der Waals surface area contributed by atoms with E-state index in [1.807, 2.05) is 0 Å². The fraction of sp³-hybridized carbons (Fsp3) is 0.625. The van der Waals surface area contributed by atoms with Crippen LogP contribution in [0.4, 0.5) is 0 Å². The largest absolute Gasteiger partial charge is 0.478 e. The lowest BCUT2D eigenvalue weighted by Gasteiger charge is -2.14. The lowest BCUT2D eigenvalue weighted by atomic mass is 10.1.